The van der Waals surface area contributed by atoms with Gasteiger partial charge in [-0.1, -0.05) is 74.5 Å². The lowest BCUT2D eigenvalue weighted by molar-refractivity contribution is -0.146. The molecule has 143 heavy (non-hydrogen) atoms. The van der Waals surface area contributed by atoms with E-state index in [-0.39, 0.29) is 116 Å². The van der Waals surface area contributed by atoms with Crippen molar-refractivity contribution in [3.8, 4) is 0 Å². The molecule has 2 aromatic rings. The molecule has 3 aliphatic heterocycles. The van der Waals surface area contributed by atoms with Crippen LogP contribution in [-0.2, 0) is 128 Å². The molecule has 0 unspecified atom stereocenters. The lowest BCUT2D eigenvalue weighted by Gasteiger charge is -2.30. The first-order chi connectivity index (χ1) is 67.6. The molecule has 0 aromatic heterocycles. The highest BCUT2D eigenvalue weighted by atomic mass is 16.4. The highest BCUT2D eigenvalue weighted by molar-refractivity contribution is 6.03. The number of guanidine groups is 1. The van der Waals surface area contributed by atoms with Gasteiger partial charge in [0.1, 0.15) is 96.7 Å². The Bertz CT molecular complexity index is 4860. The van der Waals surface area contributed by atoms with E-state index in [1.807, 2.05) is 0 Å². The molecule has 54 heteroatoms. The fraction of sp³-hybridized carbons (Fsp3) is 0.584. The van der Waals surface area contributed by atoms with E-state index in [1.165, 1.54) is 32.6 Å². The summed E-state index contributed by atoms with van der Waals surface area (Å²) in [5, 5.41) is 102. The molecule has 17 atom stereocenters. The summed E-state index contributed by atoms with van der Waals surface area (Å²) in [5.41, 5.74) is 17.5. The van der Waals surface area contributed by atoms with E-state index in [2.05, 4.69) is 101 Å². The standard InChI is InChI=1S/C89H133N25O29/c1-45(2)35-61(88(142)143)111-83(137)62(44-115)112-82(136)58(39-70(122)123)109-81(135)56(36-50-19-9-7-10-20-50)107-75(129)47(4)99-72(126)46(3)100-77(131)53(23-13-14-30-90)104-74(128)49(6)102-85(139)64-27-18-34-114(64)87(141)60(40-71(124)125)103-68(119)43-97-66(117)41-96-67(118)42-98-84(138)63-26-17-33-113(63)86(140)59(37-51-21-11-8-12-22-51)110-78(132)54(25-16-32-95-89(92)93)105-73(127)48(5)101-80(134)57(38-69(120)121)108-79(133)55(28-29-65(91)116)106-76(130)52-24-15-31-94-52/h7-12,19-22,45-49,52-64,94,115H,13-18,23-44,90H2,1-6H3,(H2,91,116)(H,96,118)(H,97,117)(H,98,138)(H,99,126)(H,100,131)(H,101,134)(H,102,139)(H,103,119)(H,104,128)(H,105,127)(H,106,130)(H,107,129)(H,108,133)(H,109,135)(H,110,132)(H,111,137)(H,112,136)(H,120,121)(H,122,123)(H,124,125)(H,142,143)(H4,92,93,95)/t46-,47-,48-,49-,52-,53-,54-,55-,56-,57-,58-,59-,60-,61-,62-,63-,64-/m0/s1. The average Bonchev–Trinajstić information content (AvgIpc) is 1.70. The van der Waals surface area contributed by atoms with Crippen LogP contribution in [0.2, 0.25) is 0 Å². The summed E-state index contributed by atoms with van der Waals surface area (Å²) in [6, 6.07) is -9.39. The number of carboxylic acid groups (broad SMARTS) is 4. The summed E-state index contributed by atoms with van der Waals surface area (Å²) in [6.45, 7) is 5.10. The van der Waals surface area contributed by atoms with Crippen LogP contribution < -0.4 is 118 Å². The first kappa shape index (κ1) is 118. The Morgan fingerprint density at radius 2 is 0.783 bits per heavy atom. The maximum absolute atomic E-state index is 14.8. The van der Waals surface area contributed by atoms with Gasteiger partial charge in [-0.3, -0.25) is 116 Å². The number of nitrogens with zero attached hydrogens (tertiary/aromatic N) is 2. The zero-order valence-electron chi connectivity index (χ0n) is 80.1. The second kappa shape index (κ2) is 60.1. The Kier molecular flexibility index (Phi) is 49.7. The van der Waals surface area contributed by atoms with Gasteiger partial charge in [0.15, 0.2) is 5.96 Å². The third-order valence-electron chi connectivity index (χ3n) is 22.9. The van der Waals surface area contributed by atoms with Crippen molar-refractivity contribution in [2.45, 2.75) is 266 Å². The molecule has 3 fully saturated rings. The van der Waals surface area contributed by atoms with Crippen LogP contribution in [0.25, 0.3) is 0 Å². The molecule has 54 nitrogen and oxygen atoms in total. The Hall–Kier alpha value is -15.1. The van der Waals surface area contributed by atoms with Gasteiger partial charge in [0.05, 0.1) is 51.5 Å². The average molecular weight is 2020 g/mol. The molecule has 2 aromatic carbocycles. The highest BCUT2D eigenvalue weighted by Crippen LogP contribution is 2.23. The van der Waals surface area contributed by atoms with Crippen LogP contribution in [0.15, 0.2) is 60.7 Å². The molecular formula is C89H133N25O29. The van der Waals surface area contributed by atoms with Gasteiger partial charge in [0.25, 0.3) is 0 Å². The normalized spacial score (nSPS) is 17.1. The number of aliphatic hydroxyl groups excluding tert-OH is 1. The lowest BCUT2D eigenvalue weighted by atomic mass is 10.0. The van der Waals surface area contributed by atoms with Crippen LogP contribution in [0.5, 0.6) is 0 Å². The zero-order chi connectivity index (χ0) is 106. The van der Waals surface area contributed by atoms with Crippen molar-refractivity contribution in [1.82, 2.24) is 111 Å². The molecule has 5 rings (SSSR count). The van der Waals surface area contributed by atoms with E-state index in [9.17, 15) is 141 Å². The van der Waals surface area contributed by atoms with E-state index in [4.69, 9.17) is 22.6 Å². The van der Waals surface area contributed by atoms with E-state index in [1.54, 1.807) is 74.5 Å². The lowest BCUT2D eigenvalue weighted by Crippen LogP contribution is -2.60. The van der Waals surface area contributed by atoms with Gasteiger partial charge in [-0.15, -0.1) is 0 Å². The van der Waals surface area contributed by atoms with Crippen molar-refractivity contribution < 1.29 is 141 Å². The summed E-state index contributed by atoms with van der Waals surface area (Å²) in [4.78, 5) is 323. The molecular weight excluding hydrogens is 1880 g/mol. The molecule has 0 saturated carbocycles. The predicted molar refractivity (Wildman–Crippen MR) is 501 cm³/mol. The van der Waals surface area contributed by atoms with Gasteiger partial charge in [0, 0.05) is 38.9 Å². The number of rotatable bonds is 61. The monoisotopic (exact) mass is 2020 g/mol. The number of carbonyl (C=O) groups is 24. The maximum atomic E-state index is 14.8. The first-order valence-corrected chi connectivity index (χ1v) is 46.6. The zero-order valence-corrected chi connectivity index (χ0v) is 80.1. The molecule has 31 N–H and O–H groups in total. The van der Waals surface area contributed by atoms with E-state index >= 15 is 0 Å². The summed E-state index contributed by atoms with van der Waals surface area (Å²) in [6.07, 6.45) is -2.51. The second-order valence-corrected chi connectivity index (χ2v) is 35.0. The smallest absolute Gasteiger partial charge is 0.326 e. The number of likely N-dealkylation sites (tertiary alicyclic amines) is 2. The van der Waals surface area contributed by atoms with Crippen molar-refractivity contribution in [3.05, 3.63) is 71.8 Å². The van der Waals surface area contributed by atoms with Crippen LogP contribution in [0, 0.1) is 11.3 Å². The van der Waals surface area contributed by atoms with Crippen LogP contribution in [0.3, 0.4) is 0 Å². The Balaban J connectivity index is 1.15. The summed E-state index contributed by atoms with van der Waals surface area (Å²) in [5.74, 6) is -26.6. The van der Waals surface area contributed by atoms with Crippen molar-refractivity contribution in [2.24, 2.45) is 23.1 Å². The minimum atomic E-state index is -1.96. The number of carboxylic acids is 4. The van der Waals surface area contributed by atoms with Crippen molar-refractivity contribution >= 4 is 148 Å². The minimum absolute atomic E-state index is 0.00316. The number of aliphatic hydroxyl groups is 1. The highest BCUT2D eigenvalue weighted by Gasteiger charge is 2.44. The van der Waals surface area contributed by atoms with E-state index < -0.39 is 296 Å². The fourth-order valence-electron chi connectivity index (χ4n) is 15.2. The Morgan fingerprint density at radius 3 is 1.26 bits per heavy atom. The summed E-state index contributed by atoms with van der Waals surface area (Å²) in [7, 11) is 0. The predicted octanol–water partition coefficient (Wildman–Crippen LogP) is -10.4. The van der Waals surface area contributed by atoms with Crippen molar-refractivity contribution in [1.29, 1.82) is 5.41 Å². The number of aliphatic carboxylic acids is 4. The van der Waals surface area contributed by atoms with Gasteiger partial charge in [0.2, 0.25) is 118 Å². The van der Waals surface area contributed by atoms with E-state index in [0.29, 0.717) is 36.9 Å². The maximum Gasteiger partial charge on any atom is 0.326 e. The largest absolute Gasteiger partial charge is 0.481 e. The molecule has 0 spiro atoms. The number of hydrogen-bond acceptors (Lipinski definition) is 28. The number of unbranched alkanes of at least 4 members (excludes halogenated alkanes) is 1. The number of amides is 20. The molecule has 0 radical (unpaired) electrons. The molecule has 3 saturated heterocycles. The van der Waals surface area contributed by atoms with Crippen molar-refractivity contribution in [2.75, 3.05) is 59.0 Å². The van der Waals surface area contributed by atoms with Crippen LogP contribution >= 0.6 is 0 Å². The number of nitrogens with one attached hydrogen (secondary N) is 20. The van der Waals surface area contributed by atoms with Gasteiger partial charge in [-0.25, -0.2) is 4.79 Å². The fourth-order valence-corrected chi connectivity index (χ4v) is 15.2. The van der Waals surface area contributed by atoms with Gasteiger partial charge >= 0.3 is 23.9 Å². The van der Waals surface area contributed by atoms with Crippen molar-refractivity contribution in [3.63, 3.8) is 0 Å². The van der Waals surface area contributed by atoms with Gasteiger partial charge in [-0.2, -0.15) is 0 Å². The number of nitrogens with two attached hydrogens (primary N) is 3. The summed E-state index contributed by atoms with van der Waals surface area (Å²) < 4.78 is 0. The Labute approximate surface area is 821 Å². The molecule has 20 amide bonds. The molecule has 3 aliphatic rings. The first-order valence-electron chi connectivity index (χ1n) is 46.6. The number of hydrogen-bond donors (Lipinski definition) is 28. The van der Waals surface area contributed by atoms with Gasteiger partial charge in [-0.05, 0) is 141 Å². The second-order valence-electron chi connectivity index (χ2n) is 35.0. The summed E-state index contributed by atoms with van der Waals surface area (Å²) >= 11 is 0. The number of benzene rings is 2. The number of primary amides is 1. The van der Waals surface area contributed by atoms with Crippen LogP contribution in [0.4, 0.5) is 0 Å². The molecule has 0 bridgehead atoms. The quantitative estimate of drug-likeness (QED) is 0.0166. The van der Waals surface area contributed by atoms with Gasteiger partial charge < -0.3 is 154 Å². The topological polar surface area (TPSA) is 848 Å². The SMILES string of the molecule is CC(C)C[C@H](NC(=O)[C@H](CO)NC(=O)[C@H](CC(=O)O)NC(=O)[C@H](Cc1ccccc1)NC(=O)[C@H](C)NC(=O)[C@H](C)NC(=O)[C@H](CCCCN)NC(=O)[C@H](C)NC(=O)[C@@H]1CCCN1C(=O)[C@H](CC(=O)O)NC(=O)CNC(=O)CNC(=O)CNC(=O)[C@@H]1CCCN1C(=O)[C@H](Cc1ccccc1)NC(=O)[C@H](CCCNC(=N)N)NC(=O)[C@H](C)NC(=O)[C@H](CC(=O)O)NC(=O)[C@H](CCC(N)=O)NC(=O)[C@@H]1CCCN1)C(=O)O. The third kappa shape index (κ3) is 41.7. The number of carbonyl (C=O) groups excluding carboxylic acids is 20. The molecule has 0 aliphatic carbocycles. The third-order valence-corrected chi connectivity index (χ3v) is 22.9. The van der Waals surface area contributed by atoms with E-state index in [0.717, 1.165) is 4.90 Å². The Morgan fingerprint density at radius 1 is 0.392 bits per heavy atom. The van der Waals surface area contributed by atoms with Crippen LogP contribution in [0.1, 0.15) is 162 Å². The van der Waals surface area contributed by atoms with Crippen LogP contribution in [-0.4, -0.2) is 345 Å². The minimum Gasteiger partial charge on any atom is -0.481 e. The molecule has 788 valence electrons. The molecule has 3 heterocycles.